The number of rotatable bonds is 2. The van der Waals surface area contributed by atoms with Gasteiger partial charge in [0.05, 0.1) is 0 Å². The Morgan fingerprint density at radius 1 is 1.13 bits per heavy atom. The average Bonchev–Trinajstić information content (AvgIpc) is 2.54. The van der Waals surface area contributed by atoms with Crippen LogP contribution < -0.4 is 5.32 Å². The van der Waals surface area contributed by atoms with Gasteiger partial charge in [0.1, 0.15) is 0 Å². The van der Waals surface area contributed by atoms with Gasteiger partial charge in [-0.1, -0.05) is 0 Å². The van der Waals surface area contributed by atoms with Crippen molar-refractivity contribution in [2.75, 3.05) is 32.0 Å². The number of nitrogens with one attached hydrogen (secondary N) is 1. The van der Waals surface area contributed by atoms with E-state index in [0.29, 0.717) is 17.5 Å². The van der Waals surface area contributed by atoms with Crippen LogP contribution in [0.15, 0.2) is 24.3 Å². The number of anilines is 1. The van der Waals surface area contributed by atoms with Crippen molar-refractivity contribution in [1.82, 2.24) is 9.80 Å². The summed E-state index contributed by atoms with van der Waals surface area (Å²) in [7, 11) is 2.16. The lowest BCUT2D eigenvalue weighted by Gasteiger charge is -2.46. The summed E-state index contributed by atoms with van der Waals surface area (Å²) >= 11 is 0. The Morgan fingerprint density at radius 3 is 2.57 bits per heavy atom. The van der Waals surface area contributed by atoms with Crippen LogP contribution >= 0.6 is 0 Å². The van der Waals surface area contributed by atoms with Crippen molar-refractivity contribution in [2.24, 2.45) is 5.92 Å². The summed E-state index contributed by atoms with van der Waals surface area (Å²) in [6, 6.07) is 7.45. The number of nitrogens with zero attached hydrogens (tertiary/aromatic N) is 2. The van der Waals surface area contributed by atoms with Crippen LogP contribution in [0, 0.1) is 5.92 Å². The van der Waals surface area contributed by atoms with Gasteiger partial charge in [0.25, 0.3) is 0 Å². The topological polar surface area (TPSA) is 52.7 Å². The molecule has 2 fully saturated rings. The van der Waals surface area contributed by atoms with E-state index in [9.17, 15) is 9.59 Å². The predicted molar refractivity (Wildman–Crippen MR) is 90.8 cm³/mol. The molecule has 2 heterocycles. The summed E-state index contributed by atoms with van der Waals surface area (Å²) in [5.74, 6) is 0.626. The fourth-order valence-corrected chi connectivity index (χ4v) is 3.82. The van der Waals surface area contributed by atoms with Crippen LogP contribution in [0.25, 0.3) is 0 Å². The lowest BCUT2D eigenvalue weighted by Crippen LogP contribution is -2.56. The molecular weight excluding hydrogens is 290 g/mol. The molecule has 2 saturated heterocycles. The molecule has 124 valence electrons. The first kappa shape index (κ1) is 16.0. The zero-order chi connectivity index (χ0) is 16.4. The van der Waals surface area contributed by atoms with E-state index in [1.54, 1.807) is 31.2 Å². The molecule has 1 aromatic rings. The quantitative estimate of drug-likeness (QED) is 0.854. The van der Waals surface area contributed by atoms with Gasteiger partial charge >= 0.3 is 6.03 Å². The second kappa shape index (κ2) is 6.71. The zero-order valence-electron chi connectivity index (χ0n) is 13.9. The smallest absolute Gasteiger partial charge is 0.321 e. The SMILES string of the molecule is CC(=O)c1ccc(NC(=O)N2CCCC3CN(C)CCC32)cc1. The first-order valence-corrected chi connectivity index (χ1v) is 8.42. The largest absolute Gasteiger partial charge is 0.322 e. The molecular formula is C18H25N3O2. The second-order valence-electron chi connectivity index (χ2n) is 6.78. The van der Waals surface area contributed by atoms with Crippen molar-refractivity contribution >= 4 is 17.5 Å². The molecule has 2 amide bonds. The number of piperidine rings is 2. The fourth-order valence-electron chi connectivity index (χ4n) is 3.82. The normalized spacial score (nSPS) is 24.9. The van der Waals surface area contributed by atoms with E-state index in [-0.39, 0.29) is 11.8 Å². The van der Waals surface area contributed by atoms with Gasteiger partial charge in [-0.3, -0.25) is 4.79 Å². The van der Waals surface area contributed by atoms with Crippen molar-refractivity contribution in [3.63, 3.8) is 0 Å². The van der Waals surface area contributed by atoms with Crippen LogP contribution in [0.4, 0.5) is 10.5 Å². The third kappa shape index (κ3) is 3.55. The van der Waals surface area contributed by atoms with Gasteiger partial charge < -0.3 is 15.1 Å². The number of carbonyl (C=O) groups excluding carboxylic acids is 2. The third-order valence-electron chi connectivity index (χ3n) is 5.07. The van der Waals surface area contributed by atoms with Crippen molar-refractivity contribution in [2.45, 2.75) is 32.2 Å². The number of ketones is 1. The van der Waals surface area contributed by atoms with Crippen LogP contribution in [0.1, 0.15) is 36.5 Å². The minimum absolute atomic E-state index is 0.0140. The molecule has 2 aliphatic heterocycles. The number of amides is 2. The highest BCUT2D eigenvalue weighted by Gasteiger charge is 2.37. The number of benzene rings is 1. The van der Waals surface area contributed by atoms with E-state index in [4.69, 9.17) is 0 Å². The molecule has 3 rings (SSSR count). The number of Topliss-reactive ketones (excluding diaryl/α,β-unsaturated/α-hetero) is 1. The molecule has 1 N–H and O–H groups in total. The summed E-state index contributed by atoms with van der Waals surface area (Å²) in [5, 5.41) is 2.98. The van der Waals surface area contributed by atoms with Gasteiger partial charge in [-0.2, -0.15) is 0 Å². The van der Waals surface area contributed by atoms with E-state index in [1.807, 2.05) is 4.90 Å². The van der Waals surface area contributed by atoms with E-state index < -0.39 is 0 Å². The highest BCUT2D eigenvalue weighted by Crippen LogP contribution is 2.30. The lowest BCUT2D eigenvalue weighted by atomic mass is 9.84. The number of hydrogen-bond donors (Lipinski definition) is 1. The molecule has 0 aromatic heterocycles. The van der Waals surface area contributed by atoms with Gasteiger partial charge in [0.2, 0.25) is 0 Å². The summed E-state index contributed by atoms with van der Waals surface area (Å²) < 4.78 is 0. The van der Waals surface area contributed by atoms with Gasteiger partial charge in [-0.05, 0) is 70.0 Å². The van der Waals surface area contributed by atoms with Crippen molar-refractivity contribution in [3.8, 4) is 0 Å². The number of urea groups is 1. The van der Waals surface area contributed by atoms with E-state index in [1.165, 1.54) is 6.42 Å². The van der Waals surface area contributed by atoms with E-state index in [0.717, 1.165) is 38.2 Å². The van der Waals surface area contributed by atoms with E-state index in [2.05, 4.69) is 17.3 Å². The second-order valence-corrected chi connectivity index (χ2v) is 6.78. The Kier molecular flexibility index (Phi) is 4.66. The minimum atomic E-state index is -0.0140. The van der Waals surface area contributed by atoms with Crippen molar-refractivity contribution < 1.29 is 9.59 Å². The highest BCUT2D eigenvalue weighted by atomic mass is 16.2. The standard InChI is InChI=1S/C18H25N3O2/c1-13(22)14-5-7-16(8-6-14)19-18(23)21-10-3-4-15-12-20(2)11-9-17(15)21/h5-8,15,17H,3-4,9-12H2,1-2H3,(H,19,23). The van der Waals surface area contributed by atoms with Crippen LogP contribution in [0.3, 0.4) is 0 Å². The van der Waals surface area contributed by atoms with Crippen LogP contribution in [0.2, 0.25) is 0 Å². The summed E-state index contributed by atoms with van der Waals surface area (Å²) in [6.07, 6.45) is 3.34. The molecule has 5 nitrogen and oxygen atoms in total. The monoisotopic (exact) mass is 315 g/mol. The molecule has 2 unspecified atom stereocenters. The molecule has 2 aliphatic rings. The van der Waals surface area contributed by atoms with E-state index >= 15 is 0 Å². The van der Waals surface area contributed by atoms with Crippen molar-refractivity contribution in [3.05, 3.63) is 29.8 Å². The number of carbonyl (C=O) groups is 2. The molecule has 0 radical (unpaired) electrons. The molecule has 5 heteroatoms. The Morgan fingerprint density at radius 2 is 1.87 bits per heavy atom. The fraction of sp³-hybridized carbons (Fsp3) is 0.556. The van der Waals surface area contributed by atoms with Gasteiger partial charge in [0, 0.05) is 30.4 Å². The molecule has 0 bridgehead atoms. The molecule has 0 saturated carbocycles. The molecule has 2 atom stereocenters. The summed E-state index contributed by atoms with van der Waals surface area (Å²) in [5.41, 5.74) is 1.41. The summed E-state index contributed by atoms with van der Waals surface area (Å²) in [4.78, 5) is 28.3. The Bertz CT molecular complexity index is 584. The Labute approximate surface area is 137 Å². The van der Waals surface area contributed by atoms with Gasteiger partial charge in [0.15, 0.2) is 5.78 Å². The highest BCUT2D eigenvalue weighted by molar-refractivity contribution is 5.95. The zero-order valence-corrected chi connectivity index (χ0v) is 13.9. The summed E-state index contributed by atoms with van der Waals surface area (Å²) in [6.45, 7) is 4.52. The number of fused-ring (bicyclic) bond motifs is 1. The lowest BCUT2D eigenvalue weighted by molar-refractivity contribution is 0.0579. The number of hydrogen-bond acceptors (Lipinski definition) is 3. The first-order chi connectivity index (χ1) is 11.0. The van der Waals surface area contributed by atoms with Gasteiger partial charge in [-0.15, -0.1) is 0 Å². The average molecular weight is 315 g/mol. The molecule has 0 spiro atoms. The minimum Gasteiger partial charge on any atom is -0.321 e. The van der Waals surface area contributed by atoms with Crippen LogP contribution in [-0.2, 0) is 0 Å². The first-order valence-electron chi connectivity index (χ1n) is 8.42. The molecule has 23 heavy (non-hydrogen) atoms. The maximum absolute atomic E-state index is 12.7. The van der Waals surface area contributed by atoms with Crippen LogP contribution in [-0.4, -0.2) is 54.3 Å². The molecule has 1 aromatic carbocycles. The maximum atomic E-state index is 12.7. The number of likely N-dealkylation sites (tertiary alicyclic amines) is 2. The Hall–Kier alpha value is -1.88. The Balaban J connectivity index is 1.66. The molecule has 0 aliphatic carbocycles. The third-order valence-corrected chi connectivity index (χ3v) is 5.07. The van der Waals surface area contributed by atoms with Crippen LogP contribution in [0.5, 0.6) is 0 Å². The maximum Gasteiger partial charge on any atom is 0.322 e. The van der Waals surface area contributed by atoms with Crippen molar-refractivity contribution in [1.29, 1.82) is 0 Å². The van der Waals surface area contributed by atoms with Gasteiger partial charge in [-0.25, -0.2) is 4.79 Å². The predicted octanol–water partition coefficient (Wildman–Crippen LogP) is 2.84.